The molecule has 0 bridgehead atoms. The summed E-state index contributed by atoms with van der Waals surface area (Å²) in [4.78, 5) is 12.2. The number of halogens is 2. The number of ketones is 1. The SMILES string of the molecule is CN(C)S(=O)(=O)c1ccc(C(=O)/C=C/c2cc(Br)ccc2F)cc1. The van der Waals surface area contributed by atoms with Gasteiger partial charge in [-0.1, -0.05) is 15.9 Å². The van der Waals surface area contributed by atoms with Gasteiger partial charge in [-0.05, 0) is 54.6 Å². The number of benzene rings is 2. The van der Waals surface area contributed by atoms with E-state index in [9.17, 15) is 17.6 Å². The Kier molecular flexibility index (Phi) is 5.69. The lowest BCUT2D eigenvalue weighted by molar-refractivity contribution is 0.104. The fourth-order valence-corrected chi connectivity index (χ4v) is 3.19. The van der Waals surface area contributed by atoms with E-state index >= 15 is 0 Å². The molecular formula is C17H15BrFNO3S. The molecule has 0 atom stereocenters. The number of allylic oxidation sites excluding steroid dienone is 1. The quantitative estimate of drug-likeness (QED) is 0.556. The van der Waals surface area contributed by atoms with Crippen molar-refractivity contribution in [3.05, 3.63) is 70.0 Å². The summed E-state index contributed by atoms with van der Waals surface area (Å²) in [6.07, 6.45) is 2.63. The van der Waals surface area contributed by atoms with Gasteiger partial charge < -0.3 is 0 Å². The van der Waals surface area contributed by atoms with Crippen LogP contribution in [-0.2, 0) is 10.0 Å². The van der Waals surface area contributed by atoms with Gasteiger partial charge in [-0.15, -0.1) is 0 Å². The Hall–Kier alpha value is -1.83. The lowest BCUT2D eigenvalue weighted by atomic mass is 10.1. The highest BCUT2D eigenvalue weighted by Gasteiger charge is 2.17. The third-order valence-electron chi connectivity index (χ3n) is 3.29. The monoisotopic (exact) mass is 411 g/mol. The standard InChI is InChI=1S/C17H15BrFNO3S/c1-20(2)24(22,23)15-7-3-12(4-8-15)17(21)10-5-13-11-14(18)6-9-16(13)19/h3-11H,1-2H3/b10-5+. The van der Waals surface area contributed by atoms with Crippen LogP contribution in [0.4, 0.5) is 4.39 Å². The zero-order valence-corrected chi connectivity index (χ0v) is 15.4. The van der Waals surface area contributed by atoms with Gasteiger partial charge in [0.15, 0.2) is 5.78 Å². The van der Waals surface area contributed by atoms with Crippen LogP contribution in [0.25, 0.3) is 6.08 Å². The van der Waals surface area contributed by atoms with Crippen molar-refractivity contribution < 1.29 is 17.6 Å². The van der Waals surface area contributed by atoms with E-state index < -0.39 is 15.8 Å². The number of carbonyl (C=O) groups is 1. The Morgan fingerprint density at radius 3 is 2.33 bits per heavy atom. The highest BCUT2D eigenvalue weighted by Crippen LogP contribution is 2.18. The van der Waals surface area contributed by atoms with E-state index in [4.69, 9.17) is 0 Å². The second kappa shape index (κ2) is 7.38. The molecule has 4 nitrogen and oxygen atoms in total. The molecule has 0 aromatic heterocycles. The highest BCUT2D eigenvalue weighted by atomic mass is 79.9. The van der Waals surface area contributed by atoms with Crippen LogP contribution < -0.4 is 0 Å². The summed E-state index contributed by atoms with van der Waals surface area (Å²) in [7, 11) is -0.667. The van der Waals surface area contributed by atoms with Gasteiger partial charge in [-0.25, -0.2) is 17.1 Å². The van der Waals surface area contributed by atoms with E-state index in [-0.39, 0.29) is 16.2 Å². The largest absolute Gasteiger partial charge is 0.289 e. The molecule has 0 saturated heterocycles. The maximum atomic E-state index is 13.6. The van der Waals surface area contributed by atoms with Crippen molar-refractivity contribution in [2.45, 2.75) is 4.90 Å². The molecule has 0 heterocycles. The van der Waals surface area contributed by atoms with Crippen LogP contribution in [0.5, 0.6) is 0 Å². The average molecular weight is 412 g/mol. The molecule has 0 aliphatic carbocycles. The van der Waals surface area contributed by atoms with Crippen LogP contribution in [0.1, 0.15) is 15.9 Å². The minimum absolute atomic E-state index is 0.103. The Balaban J connectivity index is 2.22. The van der Waals surface area contributed by atoms with Gasteiger partial charge in [-0.3, -0.25) is 4.79 Å². The first kappa shape index (κ1) is 18.5. The van der Waals surface area contributed by atoms with Crippen molar-refractivity contribution in [3.8, 4) is 0 Å². The van der Waals surface area contributed by atoms with Gasteiger partial charge in [0.1, 0.15) is 5.82 Å². The van der Waals surface area contributed by atoms with Crippen molar-refractivity contribution in [2.75, 3.05) is 14.1 Å². The van der Waals surface area contributed by atoms with Gasteiger partial charge >= 0.3 is 0 Å². The summed E-state index contributed by atoms with van der Waals surface area (Å²) in [6, 6.07) is 10.0. The first-order valence-corrected chi connectivity index (χ1v) is 9.15. The molecule has 0 radical (unpaired) electrons. The van der Waals surface area contributed by atoms with Crippen molar-refractivity contribution in [3.63, 3.8) is 0 Å². The Morgan fingerprint density at radius 1 is 1.12 bits per heavy atom. The average Bonchev–Trinajstić information content (AvgIpc) is 2.55. The number of sulfonamides is 1. The number of hydrogen-bond acceptors (Lipinski definition) is 3. The topological polar surface area (TPSA) is 54.5 Å². The first-order chi connectivity index (χ1) is 11.2. The summed E-state index contributed by atoms with van der Waals surface area (Å²) in [5, 5.41) is 0. The highest BCUT2D eigenvalue weighted by molar-refractivity contribution is 9.10. The summed E-state index contributed by atoms with van der Waals surface area (Å²) >= 11 is 3.24. The second-order valence-electron chi connectivity index (χ2n) is 5.18. The Bertz CT molecular complexity index is 891. The van der Waals surface area contributed by atoms with Crippen LogP contribution in [0.2, 0.25) is 0 Å². The molecule has 0 aliphatic heterocycles. The lowest BCUT2D eigenvalue weighted by Gasteiger charge is -2.11. The van der Waals surface area contributed by atoms with Crippen molar-refractivity contribution in [2.24, 2.45) is 0 Å². The normalized spacial score (nSPS) is 12.0. The fourth-order valence-electron chi connectivity index (χ4n) is 1.91. The molecule has 0 aliphatic rings. The molecule has 2 aromatic rings. The first-order valence-electron chi connectivity index (χ1n) is 6.92. The molecule has 126 valence electrons. The van der Waals surface area contributed by atoms with Crippen LogP contribution >= 0.6 is 15.9 Å². The van der Waals surface area contributed by atoms with Crippen molar-refractivity contribution >= 4 is 37.8 Å². The van der Waals surface area contributed by atoms with Crippen LogP contribution in [0.15, 0.2) is 57.9 Å². The maximum absolute atomic E-state index is 13.6. The van der Waals surface area contributed by atoms with Crippen LogP contribution in [0, 0.1) is 5.82 Å². The molecule has 7 heteroatoms. The minimum Gasteiger partial charge on any atom is -0.289 e. The maximum Gasteiger partial charge on any atom is 0.242 e. The Labute approximate surface area is 148 Å². The molecule has 0 N–H and O–H groups in total. The molecule has 0 saturated carbocycles. The fraction of sp³-hybridized carbons (Fsp3) is 0.118. The van der Waals surface area contributed by atoms with E-state index in [0.29, 0.717) is 10.0 Å². The van der Waals surface area contributed by atoms with E-state index in [1.807, 2.05) is 0 Å². The number of rotatable bonds is 5. The molecule has 0 unspecified atom stereocenters. The predicted molar refractivity (Wildman–Crippen MR) is 94.8 cm³/mol. The molecule has 2 rings (SSSR count). The number of carbonyl (C=O) groups excluding carboxylic acids is 1. The zero-order valence-electron chi connectivity index (χ0n) is 13.0. The van der Waals surface area contributed by atoms with E-state index in [2.05, 4.69) is 15.9 Å². The molecule has 0 fully saturated rings. The lowest BCUT2D eigenvalue weighted by Crippen LogP contribution is -2.22. The summed E-state index contributed by atoms with van der Waals surface area (Å²) < 4.78 is 39.4. The molecule has 2 aromatic carbocycles. The van der Waals surface area contributed by atoms with Gasteiger partial charge in [0.2, 0.25) is 10.0 Å². The summed E-state index contributed by atoms with van der Waals surface area (Å²) in [5.41, 5.74) is 0.601. The number of nitrogens with zero attached hydrogens (tertiary/aromatic N) is 1. The molecule has 0 amide bonds. The minimum atomic E-state index is -3.54. The number of hydrogen-bond donors (Lipinski definition) is 0. The van der Waals surface area contributed by atoms with Crippen LogP contribution in [-0.4, -0.2) is 32.6 Å². The third kappa shape index (κ3) is 4.17. The smallest absolute Gasteiger partial charge is 0.242 e. The van der Waals surface area contributed by atoms with Gasteiger partial charge in [-0.2, -0.15) is 0 Å². The second-order valence-corrected chi connectivity index (χ2v) is 8.24. The predicted octanol–water partition coefficient (Wildman–Crippen LogP) is 3.73. The van der Waals surface area contributed by atoms with E-state index in [1.165, 1.54) is 56.6 Å². The van der Waals surface area contributed by atoms with E-state index in [0.717, 1.165) is 4.31 Å². The van der Waals surface area contributed by atoms with Gasteiger partial charge in [0.05, 0.1) is 4.90 Å². The van der Waals surface area contributed by atoms with Gasteiger partial charge in [0.25, 0.3) is 0 Å². The van der Waals surface area contributed by atoms with Crippen LogP contribution in [0.3, 0.4) is 0 Å². The van der Waals surface area contributed by atoms with Crippen molar-refractivity contribution in [1.82, 2.24) is 4.31 Å². The zero-order chi connectivity index (χ0) is 17.9. The molecular weight excluding hydrogens is 397 g/mol. The van der Waals surface area contributed by atoms with Gasteiger partial charge in [0, 0.05) is 29.7 Å². The summed E-state index contributed by atoms with van der Waals surface area (Å²) in [6.45, 7) is 0. The Morgan fingerprint density at radius 2 is 1.75 bits per heavy atom. The summed E-state index contributed by atoms with van der Waals surface area (Å²) in [5.74, 6) is -0.780. The molecule has 0 spiro atoms. The van der Waals surface area contributed by atoms with Crippen molar-refractivity contribution in [1.29, 1.82) is 0 Å². The molecule has 24 heavy (non-hydrogen) atoms. The third-order valence-corrected chi connectivity index (χ3v) is 5.61. The van der Waals surface area contributed by atoms with E-state index in [1.54, 1.807) is 12.1 Å².